The summed E-state index contributed by atoms with van der Waals surface area (Å²) in [5.41, 5.74) is 0.736. The predicted molar refractivity (Wildman–Crippen MR) is 69.6 cm³/mol. The number of ether oxygens (including phenoxy) is 2. The van der Waals surface area contributed by atoms with Crippen LogP contribution >= 0.6 is 11.6 Å². The number of carbonyl (C=O) groups is 1. The Balaban J connectivity index is 2.16. The number of carboxylic acids is 1. The molecule has 1 aliphatic rings. The molecular weight excluding hydrogens is 286 g/mol. The molecule has 0 spiro atoms. The second-order valence-electron chi connectivity index (χ2n) is 4.25. The summed E-state index contributed by atoms with van der Waals surface area (Å²) < 4.78 is 15.8. The summed E-state index contributed by atoms with van der Waals surface area (Å²) in [7, 11) is 0. The lowest BCUT2D eigenvalue weighted by Crippen LogP contribution is -2.15. The Morgan fingerprint density at radius 3 is 2.85 bits per heavy atom. The van der Waals surface area contributed by atoms with Crippen molar-refractivity contribution >= 4 is 17.6 Å². The van der Waals surface area contributed by atoms with Gasteiger partial charge in [-0.15, -0.1) is 0 Å². The van der Waals surface area contributed by atoms with Gasteiger partial charge in [-0.25, -0.2) is 4.79 Å². The molecule has 0 aliphatic carbocycles. The van der Waals surface area contributed by atoms with E-state index in [9.17, 15) is 9.90 Å². The van der Waals surface area contributed by atoms with E-state index in [1.165, 1.54) is 0 Å². The Bertz CT molecular complexity index is 694. The molecule has 0 amide bonds. The highest BCUT2D eigenvalue weighted by Gasteiger charge is 2.24. The Kier molecular flexibility index (Phi) is 3.02. The van der Waals surface area contributed by atoms with Crippen LogP contribution in [-0.4, -0.2) is 29.4 Å². The van der Waals surface area contributed by atoms with Crippen LogP contribution in [0.4, 0.5) is 0 Å². The first-order chi connectivity index (χ1) is 9.58. The van der Waals surface area contributed by atoms with Gasteiger partial charge in [0.05, 0.1) is 5.02 Å². The van der Waals surface area contributed by atoms with Gasteiger partial charge in [0, 0.05) is 5.56 Å². The Morgan fingerprint density at radius 1 is 1.35 bits per heavy atom. The molecule has 1 N–H and O–H groups in total. The van der Waals surface area contributed by atoms with Crippen molar-refractivity contribution in [3.8, 4) is 22.8 Å². The van der Waals surface area contributed by atoms with Gasteiger partial charge in [-0.1, -0.05) is 16.8 Å². The lowest BCUT2D eigenvalue weighted by molar-refractivity contribution is 0.0695. The van der Waals surface area contributed by atoms with E-state index in [1.807, 2.05) is 0 Å². The quantitative estimate of drug-likeness (QED) is 0.917. The number of aromatic nitrogens is 1. The van der Waals surface area contributed by atoms with Gasteiger partial charge in [-0.3, -0.25) is 0 Å². The Hall–Kier alpha value is -2.21. The third kappa shape index (κ3) is 1.98. The van der Waals surface area contributed by atoms with E-state index in [-0.39, 0.29) is 17.0 Å². The van der Waals surface area contributed by atoms with Crippen molar-refractivity contribution in [1.82, 2.24) is 5.16 Å². The van der Waals surface area contributed by atoms with Crippen LogP contribution < -0.4 is 9.47 Å². The van der Waals surface area contributed by atoms with Crippen molar-refractivity contribution in [1.29, 1.82) is 0 Å². The zero-order valence-electron chi connectivity index (χ0n) is 10.5. The summed E-state index contributed by atoms with van der Waals surface area (Å²) >= 11 is 6.13. The standard InChI is InChI=1S/C13H10ClNO5/c1-6-10(13(16)17)11(15-20-6)7-4-8(14)12-9(5-7)18-2-3-19-12/h4-5H,2-3H2,1H3,(H,16,17). The molecule has 1 aliphatic heterocycles. The molecule has 0 unspecified atom stereocenters. The van der Waals surface area contributed by atoms with Gasteiger partial charge < -0.3 is 19.1 Å². The van der Waals surface area contributed by atoms with Crippen LogP contribution in [0.5, 0.6) is 11.5 Å². The number of nitrogens with zero attached hydrogens (tertiary/aromatic N) is 1. The molecule has 2 aromatic rings. The fraction of sp³-hybridized carbons (Fsp3) is 0.231. The summed E-state index contributed by atoms with van der Waals surface area (Å²) in [4.78, 5) is 11.3. The maximum atomic E-state index is 11.3. The van der Waals surface area contributed by atoms with Gasteiger partial charge in [-0.05, 0) is 19.1 Å². The number of carboxylic acid groups (broad SMARTS) is 1. The van der Waals surface area contributed by atoms with Gasteiger partial charge in [0.25, 0.3) is 0 Å². The molecule has 1 aromatic heterocycles. The van der Waals surface area contributed by atoms with Crippen LogP contribution in [-0.2, 0) is 0 Å². The van der Waals surface area contributed by atoms with Crippen molar-refractivity contribution in [2.24, 2.45) is 0 Å². The average Bonchev–Trinajstić information content (AvgIpc) is 2.81. The lowest BCUT2D eigenvalue weighted by atomic mass is 10.1. The molecule has 0 saturated heterocycles. The zero-order chi connectivity index (χ0) is 14.3. The first kappa shape index (κ1) is 12.8. The zero-order valence-corrected chi connectivity index (χ0v) is 11.2. The van der Waals surface area contributed by atoms with Crippen molar-refractivity contribution in [3.05, 3.63) is 28.5 Å². The maximum absolute atomic E-state index is 11.3. The normalized spacial score (nSPS) is 13.3. The van der Waals surface area contributed by atoms with Crippen LogP contribution in [0.2, 0.25) is 5.02 Å². The first-order valence-electron chi connectivity index (χ1n) is 5.87. The number of benzene rings is 1. The van der Waals surface area contributed by atoms with E-state index in [4.69, 9.17) is 25.6 Å². The monoisotopic (exact) mass is 295 g/mol. The maximum Gasteiger partial charge on any atom is 0.341 e. The highest BCUT2D eigenvalue weighted by molar-refractivity contribution is 6.32. The number of aromatic carboxylic acids is 1. The molecule has 0 radical (unpaired) electrons. The van der Waals surface area contributed by atoms with Crippen molar-refractivity contribution < 1.29 is 23.9 Å². The van der Waals surface area contributed by atoms with Crippen LogP contribution in [0.25, 0.3) is 11.3 Å². The molecule has 104 valence electrons. The summed E-state index contributed by atoms with van der Waals surface area (Å²) in [5, 5.41) is 13.3. The van der Waals surface area contributed by atoms with Crippen LogP contribution in [0.3, 0.4) is 0 Å². The lowest BCUT2D eigenvalue weighted by Gasteiger charge is -2.20. The number of hydrogen-bond acceptors (Lipinski definition) is 5. The Morgan fingerprint density at radius 2 is 2.10 bits per heavy atom. The van der Waals surface area contributed by atoms with E-state index in [0.29, 0.717) is 35.3 Å². The molecule has 0 bridgehead atoms. The average molecular weight is 296 g/mol. The van der Waals surface area contributed by atoms with E-state index in [2.05, 4.69) is 5.16 Å². The number of aryl methyl sites for hydroxylation is 1. The van der Waals surface area contributed by atoms with Crippen LogP contribution in [0, 0.1) is 6.92 Å². The molecule has 0 saturated carbocycles. The van der Waals surface area contributed by atoms with E-state index >= 15 is 0 Å². The van der Waals surface area contributed by atoms with E-state index in [0.717, 1.165) is 0 Å². The third-order valence-electron chi connectivity index (χ3n) is 2.95. The molecule has 20 heavy (non-hydrogen) atoms. The molecule has 2 heterocycles. The van der Waals surface area contributed by atoms with E-state index < -0.39 is 5.97 Å². The second-order valence-corrected chi connectivity index (χ2v) is 4.66. The fourth-order valence-electron chi connectivity index (χ4n) is 2.07. The molecule has 0 atom stereocenters. The number of hydrogen-bond donors (Lipinski definition) is 1. The summed E-state index contributed by atoms with van der Waals surface area (Å²) in [6, 6.07) is 3.23. The van der Waals surface area contributed by atoms with Gasteiger partial charge in [0.2, 0.25) is 0 Å². The predicted octanol–water partition coefficient (Wildman–Crippen LogP) is 2.77. The van der Waals surface area contributed by atoms with Gasteiger partial charge >= 0.3 is 5.97 Å². The molecule has 1 aromatic carbocycles. The molecule has 3 rings (SSSR count). The highest BCUT2D eigenvalue weighted by atomic mass is 35.5. The fourth-order valence-corrected chi connectivity index (χ4v) is 2.33. The first-order valence-corrected chi connectivity index (χ1v) is 6.25. The molecule has 6 nitrogen and oxygen atoms in total. The van der Waals surface area contributed by atoms with Crippen molar-refractivity contribution in [2.45, 2.75) is 6.92 Å². The number of rotatable bonds is 2. The minimum Gasteiger partial charge on any atom is -0.486 e. The van der Waals surface area contributed by atoms with Crippen LogP contribution in [0.1, 0.15) is 16.1 Å². The van der Waals surface area contributed by atoms with Gasteiger partial charge in [-0.2, -0.15) is 0 Å². The SMILES string of the molecule is Cc1onc(-c2cc(Cl)c3c(c2)OCCO3)c1C(=O)O. The third-order valence-corrected chi connectivity index (χ3v) is 3.23. The minimum atomic E-state index is -1.11. The summed E-state index contributed by atoms with van der Waals surface area (Å²) in [5.74, 6) is 0.0535. The second kappa shape index (κ2) is 4.72. The van der Waals surface area contributed by atoms with Crippen molar-refractivity contribution in [2.75, 3.05) is 13.2 Å². The van der Waals surface area contributed by atoms with Crippen LogP contribution in [0.15, 0.2) is 16.7 Å². The van der Waals surface area contributed by atoms with E-state index in [1.54, 1.807) is 19.1 Å². The topological polar surface area (TPSA) is 81.8 Å². The van der Waals surface area contributed by atoms with Gasteiger partial charge in [0.1, 0.15) is 30.2 Å². The smallest absolute Gasteiger partial charge is 0.341 e. The molecule has 7 heteroatoms. The highest BCUT2D eigenvalue weighted by Crippen LogP contribution is 2.41. The minimum absolute atomic E-state index is 0.0118. The summed E-state index contributed by atoms with van der Waals surface area (Å²) in [6.45, 7) is 2.38. The Labute approximate surface area is 118 Å². The molecular formula is C13H10ClNO5. The van der Waals surface area contributed by atoms with Gasteiger partial charge in [0.15, 0.2) is 11.5 Å². The summed E-state index contributed by atoms with van der Waals surface area (Å²) in [6.07, 6.45) is 0. The largest absolute Gasteiger partial charge is 0.486 e. The van der Waals surface area contributed by atoms with Crippen molar-refractivity contribution in [3.63, 3.8) is 0 Å². The molecule has 0 fully saturated rings. The number of halogens is 1. The number of fused-ring (bicyclic) bond motifs is 1.